The van der Waals surface area contributed by atoms with Crippen LogP contribution in [0.4, 0.5) is 4.39 Å². The maximum Gasteiger partial charge on any atom is 0.170 e. The quantitative estimate of drug-likeness (QED) is 0.685. The predicted octanol–water partition coefficient (Wildman–Crippen LogP) is 6.08. The van der Waals surface area contributed by atoms with Gasteiger partial charge in [-0.25, -0.2) is 4.39 Å². The zero-order valence-corrected chi connectivity index (χ0v) is 16.5. The van der Waals surface area contributed by atoms with Crippen LogP contribution in [-0.4, -0.2) is 10.9 Å². The highest BCUT2D eigenvalue weighted by Crippen LogP contribution is 2.57. The number of benzene rings is 2. The van der Waals surface area contributed by atoms with Crippen LogP contribution >= 0.6 is 0 Å². The van der Waals surface area contributed by atoms with Crippen molar-refractivity contribution in [1.29, 1.82) is 0 Å². The molecule has 3 fully saturated rings. The first kappa shape index (κ1) is 18.4. The number of Topliss-reactive ketones (excluding diaryl/α,β-unsaturated/α-hetero) is 1. The van der Waals surface area contributed by atoms with Crippen LogP contribution in [0.15, 0.2) is 48.2 Å². The van der Waals surface area contributed by atoms with Gasteiger partial charge in [-0.3, -0.25) is 4.79 Å². The molecule has 3 nitrogen and oxygen atoms in total. The topological polar surface area (TPSA) is 46.5 Å². The van der Waals surface area contributed by atoms with Gasteiger partial charge in [0.15, 0.2) is 5.78 Å². The molecule has 0 saturated heterocycles. The van der Waals surface area contributed by atoms with E-state index in [2.05, 4.69) is 0 Å². The Morgan fingerprint density at radius 2 is 1.59 bits per heavy atom. The molecule has 0 spiro atoms. The molecular formula is C25H25FO3. The largest absolute Gasteiger partial charge is 0.511 e. The van der Waals surface area contributed by atoms with Crippen LogP contribution in [0, 0.1) is 29.5 Å². The lowest BCUT2D eigenvalue weighted by Gasteiger charge is -2.44. The van der Waals surface area contributed by atoms with Gasteiger partial charge in [-0.15, -0.1) is 0 Å². The minimum atomic E-state index is -0.316. The van der Waals surface area contributed by atoms with E-state index in [1.165, 1.54) is 12.1 Å². The molecule has 4 aliphatic rings. The summed E-state index contributed by atoms with van der Waals surface area (Å²) >= 11 is 0. The van der Waals surface area contributed by atoms with Gasteiger partial charge < -0.3 is 9.84 Å². The van der Waals surface area contributed by atoms with Crippen LogP contribution in [0.5, 0.6) is 11.5 Å². The van der Waals surface area contributed by atoms with E-state index in [-0.39, 0.29) is 23.4 Å². The third-order valence-corrected chi connectivity index (χ3v) is 7.12. The SMILES string of the molecule is CCc1ccc(Oc2ccc(F)cc2)cc1C1=C(O)C2C(C1=O)[C@H]1CC[C@@H]2CC1. The van der Waals surface area contributed by atoms with E-state index in [0.717, 1.165) is 43.2 Å². The van der Waals surface area contributed by atoms with Crippen molar-refractivity contribution in [3.8, 4) is 11.5 Å². The first-order valence-electron chi connectivity index (χ1n) is 10.6. The maximum absolute atomic E-state index is 13.4. The van der Waals surface area contributed by atoms with Crippen molar-refractivity contribution < 1.29 is 19.0 Å². The maximum atomic E-state index is 13.4. The van der Waals surface area contributed by atoms with E-state index in [0.29, 0.717) is 34.7 Å². The molecule has 4 heteroatoms. The highest BCUT2D eigenvalue weighted by Gasteiger charge is 2.54. The molecule has 4 aliphatic carbocycles. The minimum absolute atomic E-state index is 0.00335. The van der Waals surface area contributed by atoms with Crippen LogP contribution in [0.3, 0.4) is 0 Å². The fourth-order valence-corrected chi connectivity index (χ4v) is 5.75. The number of hydrogen-bond acceptors (Lipinski definition) is 3. The summed E-state index contributed by atoms with van der Waals surface area (Å²) in [5, 5.41) is 11.1. The Bertz CT molecular complexity index is 984. The van der Waals surface area contributed by atoms with Crippen molar-refractivity contribution in [2.24, 2.45) is 23.7 Å². The van der Waals surface area contributed by atoms with Gasteiger partial charge in [0.25, 0.3) is 0 Å². The fourth-order valence-electron chi connectivity index (χ4n) is 5.75. The van der Waals surface area contributed by atoms with Crippen molar-refractivity contribution in [1.82, 2.24) is 0 Å². The molecule has 150 valence electrons. The molecular weight excluding hydrogens is 367 g/mol. The lowest BCUT2D eigenvalue weighted by atomic mass is 9.59. The number of aliphatic hydroxyl groups is 1. The van der Waals surface area contributed by atoms with Gasteiger partial charge in [0.05, 0.1) is 5.57 Å². The van der Waals surface area contributed by atoms with E-state index < -0.39 is 0 Å². The molecule has 2 atom stereocenters. The first-order chi connectivity index (χ1) is 14.1. The number of aryl methyl sites for hydroxylation is 1. The third kappa shape index (κ3) is 2.97. The number of fused-ring (bicyclic) bond motifs is 2. The zero-order valence-electron chi connectivity index (χ0n) is 16.5. The summed E-state index contributed by atoms with van der Waals surface area (Å²) in [5.41, 5.74) is 2.31. The Labute approximate surface area is 170 Å². The average Bonchev–Trinajstić information content (AvgIpc) is 3.03. The zero-order chi connectivity index (χ0) is 20.1. The highest BCUT2D eigenvalue weighted by atomic mass is 19.1. The van der Waals surface area contributed by atoms with Crippen molar-refractivity contribution in [3.05, 3.63) is 65.2 Å². The molecule has 0 heterocycles. The van der Waals surface area contributed by atoms with Crippen molar-refractivity contribution in [3.63, 3.8) is 0 Å². The van der Waals surface area contributed by atoms with Gasteiger partial charge in [0.2, 0.25) is 0 Å². The lowest BCUT2D eigenvalue weighted by Crippen LogP contribution is -2.41. The number of hydrogen-bond donors (Lipinski definition) is 1. The number of ketones is 1. The molecule has 2 bridgehead atoms. The van der Waals surface area contributed by atoms with Crippen molar-refractivity contribution in [2.45, 2.75) is 39.0 Å². The van der Waals surface area contributed by atoms with Crippen LogP contribution in [-0.2, 0) is 11.2 Å². The van der Waals surface area contributed by atoms with Gasteiger partial charge in [-0.05, 0) is 91.5 Å². The first-order valence-corrected chi connectivity index (χ1v) is 10.6. The monoisotopic (exact) mass is 392 g/mol. The van der Waals surface area contributed by atoms with Crippen LogP contribution in [0.25, 0.3) is 5.57 Å². The number of allylic oxidation sites excluding steroid dienone is 2. The van der Waals surface area contributed by atoms with E-state index in [1.807, 2.05) is 25.1 Å². The normalized spacial score (nSPS) is 28.0. The van der Waals surface area contributed by atoms with Crippen molar-refractivity contribution >= 4 is 11.4 Å². The Balaban J connectivity index is 1.54. The van der Waals surface area contributed by atoms with Gasteiger partial charge in [-0.1, -0.05) is 13.0 Å². The van der Waals surface area contributed by atoms with Gasteiger partial charge in [0.1, 0.15) is 23.1 Å². The van der Waals surface area contributed by atoms with Crippen molar-refractivity contribution in [2.75, 3.05) is 0 Å². The lowest BCUT2D eigenvalue weighted by molar-refractivity contribution is -0.123. The molecule has 29 heavy (non-hydrogen) atoms. The summed E-state index contributed by atoms with van der Waals surface area (Å²) in [5.74, 6) is 1.97. The standard InChI is InChI=1S/C25H25FO3/c1-2-14-7-10-19(29-18-11-8-17(26)9-12-18)13-20(14)23-24(27)21-15-3-4-16(6-5-15)22(21)25(23)28/h7-13,15-16,21-22,27H,2-6H2,1H3/t15-,16+,21?,22?. The summed E-state index contributed by atoms with van der Waals surface area (Å²) in [4.78, 5) is 13.4. The number of aliphatic hydroxyl groups excluding tert-OH is 1. The van der Waals surface area contributed by atoms with Gasteiger partial charge >= 0.3 is 0 Å². The summed E-state index contributed by atoms with van der Waals surface area (Å²) in [6, 6.07) is 11.5. The Hall–Kier alpha value is -2.62. The molecule has 2 aromatic carbocycles. The summed E-state index contributed by atoms with van der Waals surface area (Å²) in [7, 11) is 0. The third-order valence-electron chi connectivity index (χ3n) is 7.12. The van der Waals surface area contributed by atoms with E-state index >= 15 is 0 Å². The molecule has 0 aliphatic heterocycles. The molecule has 0 aromatic heterocycles. The average molecular weight is 392 g/mol. The van der Waals surface area contributed by atoms with E-state index in [9.17, 15) is 14.3 Å². The summed E-state index contributed by atoms with van der Waals surface area (Å²) in [6.07, 6.45) is 5.20. The molecule has 2 aromatic rings. The Morgan fingerprint density at radius 3 is 2.21 bits per heavy atom. The highest BCUT2D eigenvalue weighted by molar-refractivity contribution is 6.25. The fraction of sp³-hybridized carbons (Fsp3) is 0.400. The van der Waals surface area contributed by atoms with Crippen LogP contribution in [0.1, 0.15) is 43.7 Å². The molecule has 1 N–H and O–H groups in total. The summed E-state index contributed by atoms with van der Waals surface area (Å²) in [6.45, 7) is 2.05. The Kier molecular flexibility index (Phi) is 4.45. The molecule has 6 rings (SSSR count). The number of carbonyl (C=O) groups excluding carboxylic acids is 1. The molecule has 3 saturated carbocycles. The second kappa shape index (κ2) is 7.01. The summed E-state index contributed by atoms with van der Waals surface area (Å²) < 4.78 is 19.1. The van der Waals surface area contributed by atoms with Crippen LogP contribution < -0.4 is 4.74 Å². The second-order valence-corrected chi connectivity index (χ2v) is 8.58. The molecule has 0 radical (unpaired) electrons. The van der Waals surface area contributed by atoms with E-state index in [1.54, 1.807) is 12.1 Å². The van der Waals surface area contributed by atoms with Gasteiger partial charge in [-0.2, -0.15) is 0 Å². The predicted molar refractivity (Wildman–Crippen MR) is 109 cm³/mol. The number of ether oxygens (including phenoxy) is 1. The number of rotatable bonds is 4. The number of halogens is 1. The molecule has 0 amide bonds. The Morgan fingerprint density at radius 1 is 0.966 bits per heavy atom. The van der Waals surface area contributed by atoms with Crippen LogP contribution in [0.2, 0.25) is 0 Å². The smallest absolute Gasteiger partial charge is 0.170 e. The number of carbonyl (C=O) groups is 1. The molecule has 2 unspecified atom stereocenters. The second-order valence-electron chi connectivity index (χ2n) is 8.58. The van der Waals surface area contributed by atoms with Gasteiger partial charge in [0, 0.05) is 11.8 Å². The van der Waals surface area contributed by atoms with E-state index in [4.69, 9.17) is 4.74 Å². The minimum Gasteiger partial charge on any atom is -0.511 e.